The van der Waals surface area contributed by atoms with E-state index < -0.39 is 0 Å². The van der Waals surface area contributed by atoms with E-state index in [2.05, 4.69) is 36.4 Å². The molecule has 0 aliphatic rings. The topological polar surface area (TPSA) is 20.2 Å². The average Bonchev–Trinajstić information content (AvgIpc) is 2.03. The molecule has 1 nitrogen and oxygen atoms in total. The summed E-state index contributed by atoms with van der Waals surface area (Å²) in [5.41, 5.74) is 0. The van der Waals surface area contributed by atoms with E-state index in [-0.39, 0.29) is 6.10 Å². The maximum Gasteiger partial charge on any atom is 0.0657 e. The highest BCUT2D eigenvalue weighted by Crippen LogP contribution is 2.15. The van der Waals surface area contributed by atoms with Gasteiger partial charge in [0.25, 0.3) is 0 Å². The predicted octanol–water partition coefficient (Wildman–Crippen LogP) is 3.14. The van der Waals surface area contributed by atoms with Crippen molar-refractivity contribution in [1.82, 2.24) is 0 Å². The molecule has 0 saturated heterocycles. The zero-order chi connectivity index (χ0) is 8.69. The number of unbranched alkanes of at least 4 members (excludes halogenated alkanes) is 2. The second kappa shape index (κ2) is 7.35. The van der Waals surface area contributed by atoms with Crippen molar-refractivity contribution in [3.05, 3.63) is 0 Å². The fourth-order valence-electron chi connectivity index (χ4n) is 1.06. The zero-order valence-corrected chi connectivity index (χ0v) is 9.67. The van der Waals surface area contributed by atoms with Crippen molar-refractivity contribution < 1.29 is 5.11 Å². The Balaban J connectivity index is 3.28. The van der Waals surface area contributed by atoms with E-state index in [0.29, 0.717) is 3.92 Å². The molecule has 0 saturated carbocycles. The molecular weight excluding hydrogens is 251 g/mol. The zero-order valence-electron chi connectivity index (χ0n) is 7.52. The predicted molar refractivity (Wildman–Crippen MR) is 58.2 cm³/mol. The first kappa shape index (κ1) is 11.7. The summed E-state index contributed by atoms with van der Waals surface area (Å²) in [7, 11) is 0. The van der Waals surface area contributed by atoms with E-state index in [1.807, 2.05) is 0 Å². The van der Waals surface area contributed by atoms with Crippen LogP contribution in [0.1, 0.15) is 46.0 Å². The van der Waals surface area contributed by atoms with Crippen LogP contribution in [0.25, 0.3) is 0 Å². The van der Waals surface area contributed by atoms with Crippen LogP contribution in [-0.4, -0.2) is 15.1 Å². The fraction of sp³-hybridized carbons (Fsp3) is 1.00. The molecule has 0 heterocycles. The molecule has 2 atom stereocenters. The van der Waals surface area contributed by atoms with E-state index in [4.69, 9.17) is 0 Å². The molecule has 0 radical (unpaired) electrons. The smallest absolute Gasteiger partial charge is 0.0657 e. The summed E-state index contributed by atoms with van der Waals surface area (Å²) < 4.78 is 0.449. The molecule has 0 unspecified atom stereocenters. The molecule has 0 aromatic carbocycles. The normalized spacial score (nSPS) is 16.4. The third-order valence-electron chi connectivity index (χ3n) is 1.91. The monoisotopic (exact) mass is 270 g/mol. The van der Waals surface area contributed by atoms with Crippen LogP contribution >= 0.6 is 22.6 Å². The second-order valence-electron chi connectivity index (χ2n) is 2.99. The number of halogens is 1. The Morgan fingerprint density at radius 3 is 2.36 bits per heavy atom. The lowest BCUT2D eigenvalue weighted by Gasteiger charge is -2.14. The third kappa shape index (κ3) is 5.91. The van der Waals surface area contributed by atoms with Crippen LogP contribution in [0.5, 0.6) is 0 Å². The first-order valence-corrected chi connectivity index (χ1v) is 5.79. The third-order valence-corrected chi connectivity index (χ3v) is 3.62. The highest BCUT2D eigenvalue weighted by molar-refractivity contribution is 14.1. The molecular formula is C9H19IO. The summed E-state index contributed by atoms with van der Waals surface area (Å²) >= 11 is 2.33. The lowest BCUT2D eigenvalue weighted by Crippen LogP contribution is -2.18. The molecule has 0 aliphatic carbocycles. The highest BCUT2D eigenvalue weighted by atomic mass is 127. The number of aliphatic hydroxyl groups is 1. The summed E-state index contributed by atoms with van der Waals surface area (Å²) in [6.45, 7) is 4.31. The van der Waals surface area contributed by atoms with Crippen molar-refractivity contribution >= 4 is 22.6 Å². The maximum absolute atomic E-state index is 9.54. The SMILES string of the molecule is CCCCC[C@H](O)[C@H](I)CC. The minimum absolute atomic E-state index is 0.0767. The number of hydrogen-bond acceptors (Lipinski definition) is 1. The Bertz CT molecular complexity index is 85.6. The van der Waals surface area contributed by atoms with Crippen LogP contribution < -0.4 is 0 Å². The molecule has 0 fully saturated rings. The van der Waals surface area contributed by atoms with E-state index in [0.717, 1.165) is 12.8 Å². The van der Waals surface area contributed by atoms with Crippen molar-refractivity contribution in [2.75, 3.05) is 0 Å². The van der Waals surface area contributed by atoms with Crippen molar-refractivity contribution in [1.29, 1.82) is 0 Å². The van der Waals surface area contributed by atoms with Gasteiger partial charge in [-0.05, 0) is 12.8 Å². The summed E-state index contributed by atoms with van der Waals surface area (Å²) in [6, 6.07) is 0. The van der Waals surface area contributed by atoms with Crippen molar-refractivity contribution in [2.45, 2.75) is 56.0 Å². The van der Waals surface area contributed by atoms with Crippen molar-refractivity contribution in [3.63, 3.8) is 0 Å². The lowest BCUT2D eigenvalue weighted by molar-refractivity contribution is 0.160. The lowest BCUT2D eigenvalue weighted by atomic mass is 10.1. The van der Waals surface area contributed by atoms with E-state index in [1.54, 1.807) is 0 Å². The van der Waals surface area contributed by atoms with E-state index in [9.17, 15) is 5.11 Å². The van der Waals surface area contributed by atoms with Gasteiger partial charge in [-0.3, -0.25) is 0 Å². The fourth-order valence-corrected chi connectivity index (χ4v) is 1.42. The average molecular weight is 270 g/mol. The molecule has 0 rings (SSSR count). The number of rotatable bonds is 6. The van der Waals surface area contributed by atoms with Crippen molar-refractivity contribution in [3.8, 4) is 0 Å². The molecule has 0 bridgehead atoms. The minimum atomic E-state index is -0.0767. The van der Waals surface area contributed by atoms with Gasteiger partial charge in [-0.15, -0.1) is 0 Å². The maximum atomic E-state index is 9.54. The minimum Gasteiger partial charge on any atom is -0.392 e. The van der Waals surface area contributed by atoms with Crippen LogP contribution in [0.4, 0.5) is 0 Å². The molecule has 68 valence electrons. The van der Waals surface area contributed by atoms with Gasteiger partial charge in [-0.1, -0.05) is 55.7 Å². The van der Waals surface area contributed by atoms with Gasteiger partial charge >= 0.3 is 0 Å². The van der Waals surface area contributed by atoms with Crippen LogP contribution in [0.3, 0.4) is 0 Å². The van der Waals surface area contributed by atoms with Crippen LogP contribution in [0, 0.1) is 0 Å². The standard InChI is InChI=1S/C9H19IO/c1-3-5-6-7-9(11)8(10)4-2/h8-9,11H,3-7H2,1-2H3/t8-,9+/m1/s1. The highest BCUT2D eigenvalue weighted by Gasteiger charge is 2.12. The summed E-state index contributed by atoms with van der Waals surface area (Å²) in [5, 5.41) is 9.54. The van der Waals surface area contributed by atoms with E-state index >= 15 is 0 Å². The van der Waals surface area contributed by atoms with E-state index in [1.165, 1.54) is 19.3 Å². The Kier molecular flexibility index (Phi) is 7.81. The van der Waals surface area contributed by atoms with Crippen LogP contribution in [0.15, 0.2) is 0 Å². The summed E-state index contributed by atoms with van der Waals surface area (Å²) in [5.74, 6) is 0. The molecule has 0 spiro atoms. The van der Waals surface area contributed by atoms with Crippen LogP contribution in [-0.2, 0) is 0 Å². The number of aliphatic hydroxyl groups excluding tert-OH is 1. The molecule has 0 amide bonds. The Labute approximate surface area is 83.7 Å². The molecule has 1 N–H and O–H groups in total. The van der Waals surface area contributed by atoms with Gasteiger partial charge in [0.2, 0.25) is 0 Å². The van der Waals surface area contributed by atoms with Gasteiger partial charge in [0.15, 0.2) is 0 Å². The van der Waals surface area contributed by atoms with Gasteiger partial charge in [0.05, 0.1) is 6.10 Å². The largest absolute Gasteiger partial charge is 0.392 e. The Hall–Kier alpha value is 0.690. The first-order chi connectivity index (χ1) is 5.22. The summed E-state index contributed by atoms with van der Waals surface area (Å²) in [4.78, 5) is 0. The molecule has 2 heteroatoms. The van der Waals surface area contributed by atoms with Gasteiger partial charge in [0.1, 0.15) is 0 Å². The van der Waals surface area contributed by atoms with Gasteiger partial charge in [-0.2, -0.15) is 0 Å². The van der Waals surface area contributed by atoms with Gasteiger partial charge < -0.3 is 5.11 Å². The van der Waals surface area contributed by atoms with Gasteiger partial charge in [-0.25, -0.2) is 0 Å². The van der Waals surface area contributed by atoms with Crippen molar-refractivity contribution in [2.24, 2.45) is 0 Å². The number of alkyl halides is 1. The molecule has 0 aromatic rings. The molecule has 11 heavy (non-hydrogen) atoms. The first-order valence-electron chi connectivity index (χ1n) is 4.54. The Morgan fingerprint density at radius 2 is 1.91 bits per heavy atom. The molecule has 0 aromatic heterocycles. The number of hydrogen-bond donors (Lipinski definition) is 1. The van der Waals surface area contributed by atoms with Crippen LogP contribution in [0.2, 0.25) is 0 Å². The molecule has 0 aliphatic heterocycles. The quantitative estimate of drug-likeness (QED) is 0.446. The second-order valence-corrected chi connectivity index (χ2v) is 4.59. The Morgan fingerprint density at radius 1 is 1.27 bits per heavy atom. The summed E-state index contributed by atoms with van der Waals surface area (Å²) in [6.07, 6.45) is 5.65. The van der Waals surface area contributed by atoms with Gasteiger partial charge in [0, 0.05) is 3.92 Å².